The first kappa shape index (κ1) is 23.3. The molecule has 0 radical (unpaired) electrons. The van der Waals surface area contributed by atoms with E-state index in [0.29, 0.717) is 6.54 Å². The number of hydrogen-bond donors (Lipinski definition) is 1. The largest absolute Gasteiger partial charge is 0.493 e. The zero-order valence-electron chi connectivity index (χ0n) is 17.5. The van der Waals surface area contributed by atoms with Crippen LogP contribution in [0.15, 0.2) is 47.5 Å². The molecule has 158 valence electrons. The quantitative estimate of drug-likeness (QED) is 0.365. The molecule has 0 amide bonds. The SMILES string of the molecule is CN=C(NCC(OC)c1ccccc1)N1CCc2cc(OC)c(OC)cc2C1.I. The standard InChI is InChI=1S/C22H29N3O3.HI/c1-23-22(24-14-21(28-4)16-8-6-5-7-9-16)25-11-10-17-12-19(26-2)20(27-3)13-18(17)15-25;/h5-9,12-13,21H,10-11,14-15H2,1-4H3,(H,23,24);1H. The van der Waals surface area contributed by atoms with Crippen molar-refractivity contribution in [2.45, 2.75) is 19.1 Å². The van der Waals surface area contributed by atoms with Gasteiger partial charge in [-0.3, -0.25) is 4.99 Å². The van der Waals surface area contributed by atoms with Crippen molar-refractivity contribution < 1.29 is 14.2 Å². The van der Waals surface area contributed by atoms with Gasteiger partial charge in [0.25, 0.3) is 0 Å². The van der Waals surface area contributed by atoms with Gasteiger partial charge >= 0.3 is 0 Å². The van der Waals surface area contributed by atoms with Gasteiger partial charge in [-0.25, -0.2) is 0 Å². The second-order valence-electron chi connectivity index (χ2n) is 6.71. The van der Waals surface area contributed by atoms with E-state index in [1.54, 1.807) is 21.3 Å². The number of benzene rings is 2. The number of nitrogens with one attached hydrogen (secondary N) is 1. The summed E-state index contributed by atoms with van der Waals surface area (Å²) in [6, 6.07) is 14.4. The Hall–Kier alpha value is -2.00. The molecule has 2 aromatic rings. The van der Waals surface area contributed by atoms with Crippen LogP contribution in [0.4, 0.5) is 0 Å². The van der Waals surface area contributed by atoms with E-state index < -0.39 is 0 Å². The molecule has 1 atom stereocenters. The van der Waals surface area contributed by atoms with Gasteiger partial charge < -0.3 is 24.4 Å². The number of nitrogens with zero attached hydrogens (tertiary/aromatic N) is 2. The van der Waals surface area contributed by atoms with Crippen LogP contribution in [0, 0.1) is 0 Å². The average molecular weight is 511 g/mol. The van der Waals surface area contributed by atoms with E-state index in [1.165, 1.54) is 11.1 Å². The van der Waals surface area contributed by atoms with E-state index in [-0.39, 0.29) is 30.1 Å². The molecule has 7 heteroatoms. The highest BCUT2D eigenvalue weighted by atomic mass is 127. The highest BCUT2D eigenvalue weighted by Gasteiger charge is 2.22. The number of rotatable bonds is 6. The van der Waals surface area contributed by atoms with Gasteiger partial charge in [-0.05, 0) is 35.2 Å². The summed E-state index contributed by atoms with van der Waals surface area (Å²) in [7, 11) is 6.89. The Kier molecular flexibility index (Phi) is 9.03. The molecule has 0 saturated carbocycles. The molecule has 6 nitrogen and oxygen atoms in total. The van der Waals surface area contributed by atoms with Crippen molar-refractivity contribution in [1.82, 2.24) is 10.2 Å². The molecule has 1 aliphatic heterocycles. The molecule has 0 spiro atoms. The lowest BCUT2D eigenvalue weighted by Gasteiger charge is -2.32. The smallest absolute Gasteiger partial charge is 0.194 e. The Balaban J connectivity index is 0.00000300. The fourth-order valence-electron chi connectivity index (χ4n) is 3.59. The third-order valence-electron chi connectivity index (χ3n) is 5.13. The summed E-state index contributed by atoms with van der Waals surface area (Å²) >= 11 is 0. The normalized spacial score (nSPS) is 14.5. The maximum Gasteiger partial charge on any atom is 0.194 e. The maximum absolute atomic E-state index is 5.66. The molecule has 3 rings (SSSR count). The number of hydrogen-bond acceptors (Lipinski definition) is 4. The summed E-state index contributed by atoms with van der Waals surface area (Å²) in [5.41, 5.74) is 3.68. The fourth-order valence-corrected chi connectivity index (χ4v) is 3.59. The van der Waals surface area contributed by atoms with Crippen LogP contribution in [0.3, 0.4) is 0 Å². The molecule has 0 fully saturated rings. The highest BCUT2D eigenvalue weighted by Crippen LogP contribution is 2.33. The van der Waals surface area contributed by atoms with Crippen molar-refractivity contribution >= 4 is 29.9 Å². The monoisotopic (exact) mass is 511 g/mol. The molecular weight excluding hydrogens is 481 g/mol. The lowest BCUT2D eigenvalue weighted by molar-refractivity contribution is 0.105. The predicted octanol–water partition coefficient (Wildman–Crippen LogP) is 3.64. The fraction of sp³-hybridized carbons (Fsp3) is 0.409. The van der Waals surface area contributed by atoms with E-state index in [0.717, 1.165) is 42.5 Å². The predicted molar refractivity (Wildman–Crippen MR) is 127 cm³/mol. The summed E-state index contributed by atoms with van der Waals surface area (Å²) < 4.78 is 16.6. The first-order valence-electron chi connectivity index (χ1n) is 9.47. The number of aliphatic imine (C=N–C) groups is 1. The van der Waals surface area contributed by atoms with Crippen molar-refractivity contribution in [3.63, 3.8) is 0 Å². The van der Waals surface area contributed by atoms with Gasteiger partial charge in [0, 0.05) is 33.8 Å². The van der Waals surface area contributed by atoms with E-state index >= 15 is 0 Å². The lowest BCUT2D eigenvalue weighted by atomic mass is 9.99. The van der Waals surface area contributed by atoms with Crippen LogP contribution in [0.2, 0.25) is 0 Å². The number of fused-ring (bicyclic) bond motifs is 1. The first-order valence-corrected chi connectivity index (χ1v) is 9.47. The maximum atomic E-state index is 5.66. The summed E-state index contributed by atoms with van der Waals surface area (Å²) in [5.74, 6) is 2.41. The Bertz CT molecular complexity index is 814. The van der Waals surface area contributed by atoms with Crippen LogP contribution in [-0.4, -0.2) is 52.3 Å². The minimum absolute atomic E-state index is 0. The third kappa shape index (κ3) is 5.54. The molecule has 1 N–H and O–H groups in total. The van der Waals surface area contributed by atoms with Crippen LogP contribution in [0.25, 0.3) is 0 Å². The number of methoxy groups -OCH3 is 3. The molecule has 2 aromatic carbocycles. The van der Waals surface area contributed by atoms with E-state index in [1.807, 2.05) is 25.2 Å². The highest BCUT2D eigenvalue weighted by molar-refractivity contribution is 14.0. The molecule has 0 saturated heterocycles. The molecule has 1 aliphatic rings. The zero-order valence-corrected chi connectivity index (χ0v) is 19.8. The molecule has 29 heavy (non-hydrogen) atoms. The van der Waals surface area contributed by atoms with Gasteiger partial charge in [-0.15, -0.1) is 24.0 Å². The van der Waals surface area contributed by atoms with Crippen LogP contribution < -0.4 is 14.8 Å². The summed E-state index contributed by atoms with van der Waals surface area (Å²) in [5, 5.41) is 3.47. The molecule has 0 bridgehead atoms. The van der Waals surface area contributed by atoms with Gasteiger partial charge in [0.15, 0.2) is 17.5 Å². The van der Waals surface area contributed by atoms with E-state index in [4.69, 9.17) is 14.2 Å². The average Bonchev–Trinajstić information content (AvgIpc) is 2.76. The molecule has 0 aliphatic carbocycles. The van der Waals surface area contributed by atoms with Gasteiger partial charge in [0.2, 0.25) is 0 Å². The molecule has 1 heterocycles. The van der Waals surface area contributed by atoms with Gasteiger partial charge in [0.05, 0.1) is 20.3 Å². The summed E-state index contributed by atoms with van der Waals surface area (Å²) in [6.07, 6.45) is 0.905. The number of halogens is 1. The third-order valence-corrected chi connectivity index (χ3v) is 5.13. The summed E-state index contributed by atoms with van der Waals surface area (Å²) in [6.45, 7) is 2.33. The second-order valence-corrected chi connectivity index (χ2v) is 6.71. The minimum Gasteiger partial charge on any atom is -0.493 e. The van der Waals surface area contributed by atoms with Crippen molar-refractivity contribution in [2.75, 3.05) is 41.5 Å². The second kappa shape index (κ2) is 11.3. The Morgan fingerprint density at radius 3 is 2.31 bits per heavy atom. The van der Waals surface area contributed by atoms with Crippen LogP contribution in [0.1, 0.15) is 22.8 Å². The van der Waals surface area contributed by atoms with Crippen LogP contribution in [-0.2, 0) is 17.7 Å². The molecule has 1 unspecified atom stereocenters. The van der Waals surface area contributed by atoms with Gasteiger partial charge in [-0.1, -0.05) is 30.3 Å². The van der Waals surface area contributed by atoms with Crippen molar-refractivity contribution in [3.05, 3.63) is 59.2 Å². The van der Waals surface area contributed by atoms with Crippen LogP contribution >= 0.6 is 24.0 Å². The molecular formula is C22H30IN3O3. The van der Waals surface area contributed by atoms with Crippen molar-refractivity contribution in [3.8, 4) is 11.5 Å². The van der Waals surface area contributed by atoms with Gasteiger partial charge in [0.1, 0.15) is 0 Å². The van der Waals surface area contributed by atoms with E-state index in [2.05, 4.69) is 39.5 Å². The Labute approximate surface area is 190 Å². The van der Waals surface area contributed by atoms with Crippen molar-refractivity contribution in [1.29, 1.82) is 0 Å². The van der Waals surface area contributed by atoms with Crippen LogP contribution in [0.5, 0.6) is 11.5 Å². The Morgan fingerprint density at radius 2 is 1.72 bits per heavy atom. The number of ether oxygens (including phenoxy) is 3. The van der Waals surface area contributed by atoms with Gasteiger partial charge in [-0.2, -0.15) is 0 Å². The lowest BCUT2D eigenvalue weighted by Crippen LogP contribution is -2.45. The topological polar surface area (TPSA) is 55.3 Å². The summed E-state index contributed by atoms with van der Waals surface area (Å²) in [4.78, 5) is 6.74. The zero-order chi connectivity index (χ0) is 19.9. The number of guanidine groups is 1. The van der Waals surface area contributed by atoms with E-state index in [9.17, 15) is 0 Å². The minimum atomic E-state index is -0.0283. The first-order chi connectivity index (χ1) is 13.7. The Morgan fingerprint density at radius 1 is 1.07 bits per heavy atom. The molecule has 0 aromatic heterocycles. The van der Waals surface area contributed by atoms with Crippen molar-refractivity contribution in [2.24, 2.45) is 4.99 Å².